The smallest absolute Gasteiger partial charge is 0.216 e. The largest absolute Gasteiger partial charge is 0.461 e. The Kier molecular flexibility index (Phi) is 8.98. The van der Waals surface area contributed by atoms with Crippen LogP contribution in [0, 0.1) is 5.92 Å². The van der Waals surface area contributed by atoms with Gasteiger partial charge in [-0.3, -0.25) is 10.1 Å². The van der Waals surface area contributed by atoms with Gasteiger partial charge in [-0.15, -0.1) is 24.0 Å². The molecule has 2 aromatic heterocycles. The molecular formula is C21H34IN7O. The number of H-pyrrole nitrogens is 1. The first-order chi connectivity index (χ1) is 14.3. The molecule has 166 valence electrons. The molecule has 2 fully saturated rings. The molecule has 1 aliphatic heterocycles. The molecule has 8 nitrogen and oxygen atoms in total. The Bertz CT molecular complexity index is 770. The summed E-state index contributed by atoms with van der Waals surface area (Å²) in [7, 11) is 0. The number of hydrogen-bond donors (Lipinski definition) is 3. The van der Waals surface area contributed by atoms with Crippen molar-refractivity contribution < 1.29 is 4.42 Å². The summed E-state index contributed by atoms with van der Waals surface area (Å²) >= 11 is 0. The predicted molar refractivity (Wildman–Crippen MR) is 129 cm³/mol. The van der Waals surface area contributed by atoms with Crippen LogP contribution >= 0.6 is 24.0 Å². The highest BCUT2D eigenvalue weighted by Crippen LogP contribution is 2.26. The molecule has 1 atom stereocenters. The maximum Gasteiger partial charge on any atom is 0.216 e. The van der Waals surface area contributed by atoms with Crippen molar-refractivity contribution in [2.45, 2.75) is 51.5 Å². The van der Waals surface area contributed by atoms with Crippen LogP contribution in [0.25, 0.3) is 11.6 Å². The molecule has 9 heteroatoms. The third-order valence-electron chi connectivity index (χ3n) is 5.84. The number of aromatic nitrogens is 3. The molecule has 0 spiro atoms. The zero-order chi connectivity index (χ0) is 19.9. The number of nitrogens with zero attached hydrogens (tertiary/aromatic N) is 4. The highest BCUT2D eigenvalue weighted by Gasteiger charge is 2.26. The van der Waals surface area contributed by atoms with Gasteiger partial charge in [0.05, 0.1) is 6.26 Å². The van der Waals surface area contributed by atoms with Crippen LogP contribution < -0.4 is 10.6 Å². The van der Waals surface area contributed by atoms with Gasteiger partial charge < -0.3 is 20.0 Å². The molecule has 4 rings (SSSR count). The number of likely N-dealkylation sites (tertiary alicyclic amines) is 1. The van der Waals surface area contributed by atoms with E-state index in [0.29, 0.717) is 30.6 Å². The minimum Gasteiger partial charge on any atom is -0.461 e. The molecule has 3 heterocycles. The van der Waals surface area contributed by atoms with Crippen molar-refractivity contribution in [1.82, 2.24) is 30.7 Å². The number of rotatable bonds is 8. The second kappa shape index (κ2) is 11.7. The van der Waals surface area contributed by atoms with Crippen LogP contribution in [0.1, 0.15) is 44.9 Å². The minimum absolute atomic E-state index is 0. The second-order valence-electron chi connectivity index (χ2n) is 8.13. The van der Waals surface area contributed by atoms with Gasteiger partial charge in [0.1, 0.15) is 5.82 Å². The molecule has 30 heavy (non-hydrogen) atoms. The topological polar surface area (TPSA) is 94.4 Å². The Morgan fingerprint density at radius 1 is 1.33 bits per heavy atom. The van der Waals surface area contributed by atoms with Crippen LogP contribution in [0.3, 0.4) is 0 Å². The van der Waals surface area contributed by atoms with Gasteiger partial charge in [0.15, 0.2) is 11.7 Å². The molecular weight excluding hydrogens is 493 g/mol. The number of hydrogen-bond acceptors (Lipinski definition) is 5. The number of halogens is 1. The van der Waals surface area contributed by atoms with Gasteiger partial charge in [0, 0.05) is 45.2 Å². The summed E-state index contributed by atoms with van der Waals surface area (Å²) in [5, 5.41) is 14.2. The van der Waals surface area contributed by atoms with E-state index in [2.05, 4.69) is 37.6 Å². The number of aliphatic imine (C=N–C) groups is 1. The molecule has 1 aliphatic carbocycles. The molecule has 0 bridgehead atoms. The van der Waals surface area contributed by atoms with Gasteiger partial charge in [0.25, 0.3) is 0 Å². The fourth-order valence-electron chi connectivity index (χ4n) is 4.38. The number of furan rings is 1. The van der Waals surface area contributed by atoms with Gasteiger partial charge in [-0.1, -0.05) is 12.8 Å². The maximum atomic E-state index is 5.34. The van der Waals surface area contributed by atoms with Crippen molar-refractivity contribution in [3.63, 3.8) is 0 Å². The summed E-state index contributed by atoms with van der Waals surface area (Å²) in [4.78, 5) is 11.8. The molecule has 2 aromatic rings. The van der Waals surface area contributed by atoms with Crippen molar-refractivity contribution >= 4 is 29.9 Å². The number of guanidine groups is 1. The summed E-state index contributed by atoms with van der Waals surface area (Å²) in [6, 6.07) is 4.17. The van der Waals surface area contributed by atoms with E-state index in [-0.39, 0.29) is 24.0 Å². The lowest BCUT2D eigenvalue weighted by molar-refractivity contribution is 0.275. The zero-order valence-electron chi connectivity index (χ0n) is 17.8. The molecule has 1 saturated heterocycles. The first-order valence-corrected chi connectivity index (χ1v) is 11.0. The summed E-state index contributed by atoms with van der Waals surface area (Å²) in [5.41, 5.74) is 0. The Hall–Kier alpha value is -1.62. The normalized spacial score (nSPS) is 20.4. The first kappa shape index (κ1) is 23.1. The van der Waals surface area contributed by atoms with E-state index in [4.69, 9.17) is 9.41 Å². The molecule has 3 N–H and O–H groups in total. The van der Waals surface area contributed by atoms with E-state index in [1.165, 1.54) is 45.2 Å². The van der Waals surface area contributed by atoms with Gasteiger partial charge in [-0.05, 0) is 44.2 Å². The van der Waals surface area contributed by atoms with Gasteiger partial charge in [0.2, 0.25) is 5.82 Å². The summed E-state index contributed by atoms with van der Waals surface area (Å²) < 4.78 is 5.34. The average molecular weight is 527 g/mol. The van der Waals surface area contributed by atoms with Crippen LogP contribution in [0.5, 0.6) is 0 Å². The van der Waals surface area contributed by atoms with E-state index in [1.54, 1.807) is 6.26 Å². The van der Waals surface area contributed by atoms with E-state index >= 15 is 0 Å². The standard InChI is InChI=1S/C21H33N7O.HI/c1-2-22-21(24-17-10-12-28(15-17)14-16-6-3-4-7-16)23-11-9-19-25-20(27-26-19)18-8-5-13-29-18;/h5,8,13,16-17H,2-4,6-7,9-12,14-15H2,1H3,(H2,22,23,24)(H,25,26,27);1H. The predicted octanol–water partition coefficient (Wildman–Crippen LogP) is 3.04. The van der Waals surface area contributed by atoms with Crippen LogP contribution in [0.15, 0.2) is 27.8 Å². The van der Waals surface area contributed by atoms with Gasteiger partial charge in [-0.25, -0.2) is 4.98 Å². The maximum absolute atomic E-state index is 5.34. The molecule has 1 unspecified atom stereocenters. The molecule has 0 amide bonds. The number of nitrogens with one attached hydrogen (secondary N) is 3. The molecule has 0 aromatic carbocycles. The lowest BCUT2D eigenvalue weighted by Gasteiger charge is -2.21. The Balaban J connectivity index is 0.00000256. The highest BCUT2D eigenvalue weighted by atomic mass is 127. The Morgan fingerprint density at radius 2 is 2.20 bits per heavy atom. The zero-order valence-corrected chi connectivity index (χ0v) is 20.1. The van der Waals surface area contributed by atoms with Crippen LogP contribution in [-0.2, 0) is 6.42 Å². The van der Waals surface area contributed by atoms with E-state index in [1.807, 2.05) is 12.1 Å². The number of aromatic amines is 1. The van der Waals surface area contributed by atoms with Crippen molar-refractivity contribution in [2.75, 3.05) is 32.7 Å². The molecule has 2 aliphatic rings. The van der Waals surface area contributed by atoms with Gasteiger partial charge >= 0.3 is 0 Å². The van der Waals surface area contributed by atoms with Crippen molar-refractivity contribution in [2.24, 2.45) is 10.9 Å². The third-order valence-corrected chi connectivity index (χ3v) is 5.84. The fraction of sp³-hybridized carbons (Fsp3) is 0.667. The van der Waals surface area contributed by atoms with Crippen molar-refractivity contribution in [1.29, 1.82) is 0 Å². The highest BCUT2D eigenvalue weighted by molar-refractivity contribution is 14.0. The lowest BCUT2D eigenvalue weighted by atomic mass is 10.1. The van der Waals surface area contributed by atoms with E-state index < -0.39 is 0 Å². The molecule has 0 radical (unpaired) electrons. The van der Waals surface area contributed by atoms with Crippen LogP contribution in [-0.4, -0.2) is 64.8 Å². The quantitative estimate of drug-likeness (QED) is 0.278. The monoisotopic (exact) mass is 527 g/mol. The summed E-state index contributed by atoms with van der Waals surface area (Å²) in [6.07, 6.45) is 9.21. The first-order valence-electron chi connectivity index (χ1n) is 11.0. The lowest BCUT2D eigenvalue weighted by Crippen LogP contribution is -2.45. The summed E-state index contributed by atoms with van der Waals surface area (Å²) in [5.74, 6) is 3.90. The average Bonchev–Trinajstić information content (AvgIpc) is 3.51. The third kappa shape index (κ3) is 6.44. The summed E-state index contributed by atoms with van der Waals surface area (Å²) in [6.45, 7) is 7.20. The minimum atomic E-state index is 0. The van der Waals surface area contributed by atoms with Gasteiger partial charge in [-0.2, -0.15) is 5.10 Å². The fourth-order valence-corrected chi connectivity index (χ4v) is 4.38. The van der Waals surface area contributed by atoms with Crippen molar-refractivity contribution in [3.8, 4) is 11.6 Å². The van der Waals surface area contributed by atoms with E-state index in [0.717, 1.165) is 30.8 Å². The SMILES string of the molecule is CCNC(=NCCc1nc(-c2ccco2)n[nH]1)NC1CCN(CC2CCCC2)C1.I. The van der Waals surface area contributed by atoms with Crippen LogP contribution in [0.4, 0.5) is 0 Å². The molecule has 1 saturated carbocycles. The van der Waals surface area contributed by atoms with E-state index in [9.17, 15) is 0 Å². The second-order valence-corrected chi connectivity index (χ2v) is 8.13. The van der Waals surface area contributed by atoms with Crippen LogP contribution in [0.2, 0.25) is 0 Å². The Morgan fingerprint density at radius 3 is 2.97 bits per heavy atom. The van der Waals surface area contributed by atoms with Crippen molar-refractivity contribution in [3.05, 3.63) is 24.2 Å². The Labute approximate surface area is 195 Å².